The van der Waals surface area contributed by atoms with Crippen LogP contribution in [0, 0.1) is 0 Å². The van der Waals surface area contributed by atoms with Gasteiger partial charge in [-0.15, -0.1) is 0 Å². The summed E-state index contributed by atoms with van der Waals surface area (Å²) in [6.07, 6.45) is 4.30. The number of carbonyl (C=O) groups is 1. The summed E-state index contributed by atoms with van der Waals surface area (Å²) >= 11 is 0. The van der Waals surface area contributed by atoms with Gasteiger partial charge in [-0.3, -0.25) is 4.79 Å². The van der Waals surface area contributed by atoms with Crippen molar-refractivity contribution >= 4 is 5.91 Å². The molecule has 0 saturated heterocycles. The first-order valence-electron chi connectivity index (χ1n) is 8.65. The Morgan fingerprint density at radius 2 is 2.00 bits per heavy atom. The van der Waals surface area contributed by atoms with E-state index in [0.29, 0.717) is 5.56 Å². The summed E-state index contributed by atoms with van der Waals surface area (Å²) in [6.45, 7) is 2.08. The van der Waals surface area contributed by atoms with Gasteiger partial charge in [0.05, 0.1) is 13.2 Å². The van der Waals surface area contributed by atoms with Crippen molar-refractivity contribution in [2.24, 2.45) is 0 Å². The van der Waals surface area contributed by atoms with E-state index in [1.54, 1.807) is 24.4 Å². The van der Waals surface area contributed by atoms with Crippen LogP contribution >= 0.6 is 0 Å². The van der Waals surface area contributed by atoms with Crippen molar-refractivity contribution in [1.29, 1.82) is 0 Å². The van der Waals surface area contributed by atoms with Crippen molar-refractivity contribution < 1.29 is 9.53 Å². The standard InChI is InChI=1S/C21H23N3O2/c1-4-19(15-8-10-18(26-3)11-9-15)24(2)21(25)17-7-5-6-16(14-17)20-22-12-13-23-20/h5-14,19H,4H2,1-3H3,(H,22,23). The predicted octanol–water partition coefficient (Wildman–Crippen LogP) is 4.31. The summed E-state index contributed by atoms with van der Waals surface area (Å²) in [4.78, 5) is 22.2. The summed E-state index contributed by atoms with van der Waals surface area (Å²) in [5, 5.41) is 0. The minimum Gasteiger partial charge on any atom is -0.497 e. The van der Waals surface area contributed by atoms with Crippen LogP contribution in [-0.2, 0) is 0 Å². The van der Waals surface area contributed by atoms with E-state index in [4.69, 9.17) is 4.74 Å². The lowest BCUT2D eigenvalue weighted by molar-refractivity contribution is 0.0726. The van der Waals surface area contributed by atoms with E-state index < -0.39 is 0 Å². The lowest BCUT2D eigenvalue weighted by Gasteiger charge is -2.28. The van der Waals surface area contributed by atoms with Crippen LogP contribution in [0.25, 0.3) is 11.4 Å². The molecule has 0 saturated carbocycles. The third kappa shape index (κ3) is 3.61. The number of benzene rings is 2. The average molecular weight is 349 g/mol. The van der Waals surface area contributed by atoms with Gasteiger partial charge in [-0.1, -0.05) is 31.2 Å². The Labute approximate surface area is 153 Å². The molecule has 0 bridgehead atoms. The zero-order valence-corrected chi connectivity index (χ0v) is 15.3. The fourth-order valence-electron chi connectivity index (χ4n) is 3.13. The Morgan fingerprint density at radius 3 is 2.62 bits per heavy atom. The zero-order valence-electron chi connectivity index (χ0n) is 15.3. The first kappa shape index (κ1) is 17.7. The highest BCUT2D eigenvalue weighted by Gasteiger charge is 2.21. The molecule has 1 atom stereocenters. The number of imidazole rings is 1. The van der Waals surface area contributed by atoms with Crippen molar-refractivity contribution in [3.8, 4) is 17.1 Å². The second-order valence-corrected chi connectivity index (χ2v) is 6.13. The van der Waals surface area contributed by atoms with E-state index in [2.05, 4.69) is 16.9 Å². The maximum atomic E-state index is 13.0. The maximum Gasteiger partial charge on any atom is 0.254 e. The minimum atomic E-state index is -0.0129. The van der Waals surface area contributed by atoms with Gasteiger partial charge in [0, 0.05) is 30.6 Å². The quantitative estimate of drug-likeness (QED) is 0.721. The molecule has 1 N–H and O–H groups in total. The smallest absolute Gasteiger partial charge is 0.254 e. The third-order valence-electron chi connectivity index (χ3n) is 4.56. The summed E-state index contributed by atoms with van der Waals surface area (Å²) in [6, 6.07) is 15.4. The predicted molar refractivity (Wildman–Crippen MR) is 102 cm³/mol. The van der Waals surface area contributed by atoms with Gasteiger partial charge in [-0.2, -0.15) is 0 Å². The van der Waals surface area contributed by atoms with Crippen molar-refractivity contribution in [1.82, 2.24) is 14.9 Å². The first-order valence-corrected chi connectivity index (χ1v) is 8.65. The van der Waals surface area contributed by atoms with Gasteiger partial charge in [-0.25, -0.2) is 4.98 Å². The number of aromatic amines is 1. The highest BCUT2D eigenvalue weighted by Crippen LogP contribution is 2.27. The van der Waals surface area contributed by atoms with E-state index in [1.807, 2.05) is 55.6 Å². The molecule has 0 aliphatic rings. The topological polar surface area (TPSA) is 58.2 Å². The zero-order chi connectivity index (χ0) is 18.5. The first-order chi connectivity index (χ1) is 12.6. The maximum absolute atomic E-state index is 13.0. The van der Waals surface area contributed by atoms with E-state index in [9.17, 15) is 4.79 Å². The largest absolute Gasteiger partial charge is 0.497 e. The van der Waals surface area contributed by atoms with Crippen molar-refractivity contribution in [3.05, 3.63) is 72.1 Å². The van der Waals surface area contributed by atoms with Crippen LogP contribution in [0.1, 0.15) is 35.3 Å². The van der Waals surface area contributed by atoms with Crippen LogP contribution in [0.5, 0.6) is 5.75 Å². The van der Waals surface area contributed by atoms with Crippen molar-refractivity contribution in [3.63, 3.8) is 0 Å². The fraction of sp³-hybridized carbons (Fsp3) is 0.238. The number of hydrogen-bond donors (Lipinski definition) is 1. The van der Waals surface area contributed by atoms with E-state index in [1.165, 1.54) is 0 Å². The summed E-state index contributed by atoms with van der Waals surface area (Å²) < 4.78 is 5.22. The van der Waals surface area contributed by atoms with Gasteiger partial charge in [0.25, 0.3) is 5.91 Å². The van der Waals surface area contributed by atoms with E-state index >= 15 is 0 Å². The van der Waals surface area contributed by atoms with Gasteiger partial charge < -0.3 is 14.6 Å². The highest BCUT2D eigenvalue weighted by atomic mass is 16.5. The Kier molecular flexibility index (Phi) is 5.37. The summed E-state index contributed by atoms with van der Waals surface area (Å²) in [5.74, 6) is 1.55. The number of nitrogens with zero attached hydrogens (tertiary/aromatic N) is 2. The number of rotatable bonds is 6. The molecular formula is C21H23N3O2. The molecule has 5 nitrogen and oxygen atoms in total. The van der Waals surface area contributed by atoms with Crippen LogP contribution in [-0.4, -0.2) is 34.9 Å². The van der Waals surface area contributed by atoms with Crippen LogP contribution in [0.3, 0.4) is 0 Å². The van der Waals surface area contributed by atoms with E-state index in [-0.39, 0.29) is 11.9 Å². The summed E-state index contributed by atoms with van der Waals surface area (Å²) in [5.41, 5.74) is 2.63. The number of hydrogen-bond acceptors (Lipinski definition) is 3. The molecule has 1 amide bonds. The summed E-state index contributed by atoms with van der Waals surface area (Å²) in [7, 11) is 3.49. The highest BCUT2D eigenvalue weighted by molar-refractivity contribution is 5.95. The average Bonchev–Trinajstić information content (AvgIpc) is 3.23. The van der Waals surface area contributed by atoms with Crippen molar-refractivity contribution in [2.75, 3.05) is 14.2 Å². The van der Waals surface area contributed by atoms with Gasteiger partial charge in [0.15, 0.2) is 0 Å². The molecule has 0 aliphatic heterocycles. The Morgan fingerprint density at radius 1 is 1.23 bits per heavy atom. The van der Waals surface area contributed by atoms with E-state index in [0.717, 1.165) is 29.1 Å². The SMILES string of the molecule is CCC(c1ccc(OC)cc1)N(C)C(=O)c1cccc(-c2ncc[nH]2)c1. The van der Waals surface area contributed by atoms with Crippen LogP contribution in [0.4, 0.5) is 0 Å². The molecule has 26 heavy (non-hydrogen) atoms. The number of amides is 1. The molecule has 5 heteroatoms. The second-order valence-electron chi connectivity index (χ2n) is 6.13. The van der Waals surface area contributed by atoms with Gasteiger partial charge in [-0.05, 0) is 36.2 Å². The molecule has 1 aromatic heterocycles. The Hall–Kier alpha value is -3.08. The van der Waals surface area contributed by atoms with Crippen LogP contribution < -0.4 is 4.74 Å². The number of methoxy groups -OCH3 is 1. The number of nitrogens with one attached hydrogen (secondary N) is 1. The molecule has 2 aromatic carbocycles. The van der Waals surface area contributed by atoms with Crippen LogP contribution in [0.15, 0.2) is 60.9 Å². The molecule has 3 rings (SSSR count). The molecule has 3 aromatic rings. The monoisotopic (exact) mass is 349 g/mol. The lowest BCUT2D eigenvalue weighted by atomic mass is 10.0. The molecule has 134 valence electrons. The number of carbonyl (C=O) groups excluding carboxylic acids is 1. The number of ether oxygens (including phenoxy) is 1. The lowest BCUT2D eigenvalue weighted by Crippen LogP contribution is -2.31. The number of H-pyrrole nitrogens is 1. The molecule has 1 heterocycles. The molecule has 0 fully saturated rings. The molecule has 0 spiro atoms. The fourth-order valence-corrected chi connectivity index (χ4v) is 3.13. The number of aromatic nitrogens is 2. The molecule has 0 radical (unpaired) electrons. The normalized spacial score (nSPS) is 11.8. The van der Waals surface area contributed by atoms with Gasteiger partial charge in [0.1, 0.15) is 11.6 Å². The third-order valence-corrected chi connectivity index (χ3v) is 4.56. The Balaban J connectivity index is 1.84. The van der Waals surface area contributed by atoms with Gasteiger partial charge >= 0.3 is 0 Å². The minimum absolute atomic E-state index is 0.000625. The molecular weight excluding hydrogens is 326 g/mol. The van der Waals surface area contributed by atoms with Crippen LogP contribution in [0.2, 0.25) is 0 Å². The van der Waals surface area contributed by atoms with Gasteiger partial charge in [0.2, 0.25) is 0 Å². The molecule has 1 unspecified atom stereocenters. The second kappa shape index (κ2) is 7.87. The molecule has 0 aliphatic carbocycles. The van der Waals surface area contributed by atoms with Crippen molar-refractivity contribution in [2.45, 2.75) is 19.4 Å². The Bertz CT molecular complexity index is 857.